The van der Waals surface area contributed by atoms with Gasteiger partial charge in [-0.3, -0.25) is 9.59 Å². The van der Waals surface area contributed by atoms with Crippen LogP contribution in [0.25, 0.3) is 0 Å². The minimum atomic E-state index is -0.962. The Morgan fingerprint density at radius 3 is 2.42 bits per heavy atom. The number of hydrogen-bond donors (Lipinski definition) is 1. The molecule has 1 aromatic rings. The molecule has 0 bridgehead atoms. The van der Waals surface area contributed by atoms with Crippen LogP contribution in [-0.2, 0) is 23.8 Å². The highest BCUT2D eigenvalue weighted by molar-refractivity contribution is 5.98. The van der Waals surface area contributed by atoms with Crippen LogP contribution in [-0.4, -0.2) is 61.6 Å². The van der Waals surface area contributed by atoms with E-state index < -0.39 is 36.8 Å². The molecule has 33 heavy (non-hydrogen) atoms. The fourth-order valence-electron chi connectivity index (χ4n) is 2.91. The number of carbonyl (C=O) groups is 3. The minimum Gasteiger partial charge on any atom is -0.493 e. The molecule has 186 valence electrons. The van der Waals surface area contributed by atoms with Gasteiger partial charge in [0.25, 0.3) is 5.91 Å². The maximum Gasteiger partial charge on any atom is 0.328 e. The number of esters is 2. The third kappa shape index (κ3) is 9.25. The highest BCUT2D eigenvalue weighted by Gasteiger charge is 2.29. The van der Waals surface area contributed by atoms with Crippen molar-refractivity contribution in [1.29, 1.82) is 0 Å². The molecule has 1 rings (SSSR count). The van der Waals surface area contributed by atoms with Gasteiger partial charge in [0.15, 0.2) is 17.2 Å². The number of nitrogens with one attached hydrogen (secondary N) is 1. The maximum atomic E-state index is 12.8. The highest BCUT2D eigenvalue weighted by atomic mass is 16.7. The Kier molecular flexibility index (Phi) is 12.2. The first-order valence-electron chi connectivity index (χ1n) is 11.0. The van der Waals surface area contributed by atoms with Gasteiger partial charge >= 0.3 is 11.9 Å². The number of rotatable bonds is 14. The van der Waals surface area contributed by atoms with Gasteiger partial charge in [-0.1, -0.05) is 27.2 Å². The first kappa shape index (κ1) is 28.2. The summed E-state index contributed by atoms with van der Waals surface area (Å²) in [6.07, 6.45) is 2.54. The lowest BCUT2D eigenvalue weighted by Crippen LogP contribution is -2.44. The Bertz CT molecular complexity index is 784. The minimum absolute atomic E-state index is 0.0164. The van der Waals surface area contributed by atoms with Crippen LogP contribution in [0.5, 0.6) is 11.5 Å². The van der Waals surface area contributed by atoms with Gasteiger partial charge < -0.3 is 29.0 Å². The van der Waals surface area contributed by atoms with E-state index in [1.165, 1.54) is 33.2 Å². The summed E-state index contributed by atoms with van der Waals surface area (Å²) >= 11 is 0. The van der Waals surface area contributed by atoms with Gasteiger partial charge in [-0.25, -0.2) is 9.78 Å². The number of hydrogen-bond acceptors (Lipinski definition) is 9. The van der Waals surface area contributed by atoms with E-state index in [1.807, 2.05) is 20.8 Å². The molecular weight excluding hydrogens is 432 g/mol. The molecule has 1 heterocycles. The second-order valence-corrected chi connectivity index (χ2v) is 7.86. The molecule has 0 fully saturated rings. The molecule has 3 atom stereocenters. The molecule has 0 aromatic carbocycles. The van der Waals surface area contributed by atoms with Crippen molar-refractivity contribution in [3.8, 4) is 11.5 Å². The summed E-state index contributed by atoms with van der Waals surface area (Å²) in [7, 11) is 1.39. The number of pyridine rings is 1. The summed E-state index contributed by atoms with van der Waals surface area (Å²) in [5.74, 6) is -1.60. The Labute approximate surface area is 195 Å². The zero-order valence-corrected chi connectivity index (χ0v) is 20.5. The quantitative estimate of drug-likeness (QED) is 0.249. The number of aromatic nitrogens is 1. The van der Waals surface area contributed by atoms with E-state index in [0.29, 0.717) is 6.61 Å². The summed E-state index contributed by atoms with van der Waals surface area (Å²) in [4.78, 5) is 40.5. The summed E-state index contributed by atoms with van der Waals surface area (Å²) in [6, 6.07) is 0.529. The highest BCUT2D eigenvalue weighted by Crippen LogP contribution is 2.29. The van der Waals surface area contributed by atoms with Crippen molar-refractivity contribution in [2.45, 2.75) is 72.6 Å². The fourth-order valence-corrected chi connectivity index (χ4v) is 2.91. The van der Waals surface area contributed by atoms with Gasteiger partial charge in [0.1, 0.15) is 12.1 Å². The Hall–Kier alpha value is -2.88. The molecule has 0 aliphatic rings. The molecule has 1 aromatic heterocycles. The van der Waals surface area contributed by atoms with Crippen molar-refractivity contribution in [2.75, 3.05) is 20.5 Å². The number of carbonyl (C=O) groups excluding carboxylic acids is 3. The van der Waals surface area contributed by atoms with Crippen molar-refractivity contribution in [1.82, 2.24) is 10.3 Å². The van der Waals surface area contributed by atoms with Crippen molar-refractivity contribution >= 4 is 17.8 Å². The molecule has 1 amide bonds. The normalized spacial score (nSPS) is 13.6. The van der Waals surface area contributed by atoms with Gasteiger partial charge in [-0.15, -0.1) is 0 Å². The molecule has 0 aliphatic carbocycles. The molecule has 0 spiro atoms. The van der Waals surface area contributed by atoms with Crippen LogP contribution in [0.1, 0.15) is 64.9 Å². The van der Waals surface area contributed by atoms with Gasteiger partial charge in [0, 0.05) is 25.8 Å². The predicted molar refractivity (Wildman–Crippen MR) is 120 cm³/mol. The van der Waals surface area contributed by atoms with Crippen molar-refractivity contribution in [3.63, 3.8) is 0 Å². The second kappa shape index (κ2) is 14.3. The van der Waals surface area contributed by atoms with Crippen LogP contribution < -0.4 is 14.8 Å². The zero-order chi connectivity index (χ0) is 25.0. The first-order chi connectivity index (χ1) is 15.6. The molecule has 10 nitrogen and oxygen atoms in total. The molecule has 0 radical (unpaired) electrons. The standard InChI is InChI=1S/C23H36N2O8/c1-8-9-12-30-16(5)20(14(2)3)33-23(28)15(4)25-22(27)19-21(32-13-31-17(6)26)18(29-7)10-11-24-19/h10-11,14-16,20H,8-9,12-13H2,1-7H3,(H,25,27)/t15-,16-,20?/m0/s1. The van der Waals surface area contributed by atoms with E-state index in [-0.39, 0.29) is 29.2 Å². The molecule has 1 unspecified atom stereocenters. The number of nitrogens with zero attached hydrogens (tertiary/aromatic N) is 1. The predicted octanol–water partition coefficient (Wildman–Crippen LogP) is 2.88. The third-order valence-corrected chi connectivity index (χ3v) is 4.72. The average molecular weight is 469 g/mol. The van der Waals surface area contributed by atoms with E-state index in [0.717, 1.165) is 12.8 Å². The van der Waals surface area contributed by atoms with Crippen LogP contribution in [0.4, 0.5) is 0 Å². The average Bonchev–Trinajstić information content (AvgIpc) is 2.76. The first-order valence-corrected chi connectivity index (χ1v) is 11.0. The Morgan fingerprint density at radius 2 is 1.85 bits per heavy atom. The topological polar surface area (TPSA) is 122 Å². The SMILES string of the molecule is CCCCO[C@@H](C)C(OC(=O)[C@H](C)NC(=O)c1nccc(OC)c1OCOC(C)=O)C(C)C. The maximum absolute atomic E-state index is 12.8. The Balaban J connectivity index is 2.87. The smallest absolute Gasteiger partial charge is 0.328 e. The molecule has 0 saturated heterocycles. The monoisotopic (exact) mass is 468 g/mol. The van der Waals surface area contributed by atoms with Gasteiger partial charge in [-0.05, 0) is 26.2 Å². The van der Waals surface area contributed by atoms with E-state index >= 15 is 0 Å². The zero-order valence-electron chi connectivity index (χ0n) is 20.5. The lowest BCUT2D eigenvalue weighted by atomic mass is 10.0. The van der Waals surface area contributed by atoms with Crippen LogP contribution >= 0.6 is 0 Å². The fraction of sp³-hybridized carbons (Fsp3) is 0.652. The largest absolute Gasteiger partial charge is 0.493 e. The van der Waals surface area contributed by atoms with Crippen molar-refractivity contribution in [3.05, 3.63) is 18.0 Å². The number of ether oxygens (including phenoxy) is 5. The Morgan fingerprint density at radius 1 is 1.15 bits per heavy atom. The molecule has 1 N–H and O–H groups in total. The molecule has 0 aliphatic heterocycles. The number of amides is 1. The van der Waals surface area contributed by atoms with E-state index in [1.54, 1.807) is 0 Å². The lowest BCUT2D eigenvalue weighted by Gasteiger charge is -2.28. The van der Waals surface area contributed by atoms with Crippen LogP contribution in [0.2, 0.25) is 0 Å². The summed E-state index contributed by atoms with van der Waals surface area (Å²) < 4.78 is 26.8. The van der Waals surface area contributed by atoms with E-state index in [4.69, 9.17) is 23.7 Å². The van der Waals surface area contributed by atoms with Gasteiger partial charge in [-0.2, -0.15) is 0 Å². The molecule has 10 heteroatoms. The van der Waals surface area contributed by atoms with Crippen LogP contribution in [0.3, 0.4) is 0 Å². The number of unbranched alkanes of at least 4 members (excludes halogenated alkanes) is 1. The summed E-state index contributed by atoms with van der Waals surface area (Å²) in [6.45, 7) is 10.7. The van der Waals surface area contributed by atoms with Crippen molar-refractivity contribution < 1.29 is 38.1 Å². The molecular formula is C23H36N2O8. The van der Waals surface area contributed by atoms with Crippen LogP contribution in [0.15, 0.2) is 12.3 Å². The second-order valence-electron chi connectivity index (χ2n) is 7.86. The third-order valence-electron chi connectivity index (χ3n) is 4.72. The van der Waals surface area contributed by atoms with Gasteiger partial charge in [0.05, 0.1) is 13.2 Å². The molecule has 0 saturated carbocycles. The van der Waals surface area contributed by atoms with Gasteiger partial charge in [0.2, 0.25) is 6.79 Å². The van der Waals surface area contributed by atoms with E-state index in [9.17, 15) is 14.4 Å². The summed E-state index contributed by atoms with van der Waals surface area (Å²) in [5.41, 5.74) is -0.127. The number of methoxy groups -OCH3 is 1. The lowest BCUT2D eigenvalue weighted by molar-refractivity contribution is -0.162. The van der Waals surface area contributed by atoms with Crippen LogP contribution in [0, 0.1) is 5.92 Å². The summed E-state index contributed by atoms with van der Waals surface area (Å²) in [5, 5.41) is 2.56. The van der Waals surface area contributed by atoms with E-state index in [2.05, 4.69) is 17.2 Å². The van der Waals surface area contributed by atoms with Crippen molar-refractivity contribution in [2.24, 2.45) is 5.92 Å².